The average molecular weight is 346 g/mol. The molecule has 130 valence electrons. The largest absolute Gasteiger partial charge is 0.461 e. The average Bonchev–Trinajstić information content (AvgIpc) is 3.30. The predicted octanol–water partition coefficient (Wildman–Crippen LogP) is 3.52. The Bertz CT molecular complexity index is 863. The van der Waals surface area contributed by atoms with Crippen molar-refractivity contribution in [2.75, 3.05) is 6.54 Å². The van der Waals surface area contributed by atoms with Crippen molar-refractivity contribution in [3.8, 4) is 11.5 Å². The summed E-state index contributed by atoms with van der Waals surface area (Å²) in [6.45, 7) is 0.700. The molecule has 3 aromatic rings. The number of nitrogens with zero attached hydrogens (tertiary/aromatic N) is 2. The first-order chi connectivity index (χ1) is 12.1. The minimum atomic E-state index is -0.607. The van der Waals surface area contributed by atoms with Gasteiger partial charge in [0.15, 0.2) is 5.76 Å². The Morgan fingerprint density at radius 2 is 2.08 bits per heavy atom. The Hall–Kier alpha value is -2.51. The van der Waals surface area contributed by atoms with Crippen molar-refractivity contribution in [2.45, 2.75) is 25.1 Å². The number of β-amino-alcohol motifs (C(OH)–C–C–N with tert-alkyl or cyclic N) is 1. The number of halogens is 2. The number of hydrogen-bond acceptors (Lipinski definition) is 5. The van der Waals surface area contributed by atoms with Crippen molar-refractivity contribution < 1.29 is 22.8 Å². The van der Waals surface area contributed by atoms with E-state index in [9.17, 15) is 13.9 Å². The highest BCUT2D eigenvalue weighted by molar-refractivity contribution is 5.49. The summed E-state index contributed by atoms with van der Waals surface area (Å²) in [6.07, 6.45) is 1.27. The van der Waals surface area contributed by atoms with Crippen LogP contribution >= 0.6 is 0 Å². The summed E-state index contributed by atoms with van der Waals surface area (Å²) in [5.41, 5.74) is 0.869. The zero-order valence-corrected chi connectivity index (χ0v) is 13.2. The smallest absolute Gasteiger partial charge is 0.202 e. The Morgan fingerprint density at radius 1 is 1.20 bits per heavy atom. The molecule has 1 aliphatic rings. The molecule has 3 heterocycles. The molecule has 1 saturated heterocycles. The number of aliphatic hydroxyl groups is 1. The summed E-state index contributed by atoms with van der Waals surface area (Å²) in [6, 6.07) is 8.20. The molecule has 1 aliphatic heterocycles. The third-order valence-electron chi connectivity index (χ3n) is 4.39. The number of rotatable bonds is 4. The van der Waals surface area contributed by atoms with Crippen molar-refractivity contribution >= 4 is 0 Å². The maximum absolute atomic E-state index is 14.1. The van der Waals surface area contributed by atoms with Gasteiger partial charge in [0.2, 0.25) is 5.76 Å². The van der Waals surface area contributed by atoms with Gasteiger partial charge in [-0.05, 0) is 36.8 Å². The molecular weight excluding hydrogens is 330 g/mol. The van der Waals surface area contributed by atoms with E-state index in [4.69, 9.17) is 8.94 Å². The fourth-order valence-electron chi connectivity index (χ4n) is 3.28. The second-order valence-corrected chi connectivity index (χ2v) is 6.16. The second kappa shape index (κ2) is 6.42. The molecule has 7 heteroatoms. The summed E-state index contributed by atoms with van der Waals surface area (Å²) in [5.74, 6) is 0.0716. The molecule has 5 nitrogen and oxygen atoms in total. The molecule has 0 amide bonds. The summed E-state index contributed by atoms with van der Waals surface area (Å²) in [4.78, 5) is 1.87. The van der Waals surface area contributed by atoms with Crippen LogP contribution in [0.1, 0.15) is 23.7 Å². The van der Waals surface area contributed by atoms with Gasteiger partial charge in [-0.15, -0.1) is 0 Å². The molecule has 0 aliphatic carbocycles. The molecule has 0 radical (unpaired) electrons. The van der Waals surface area contributed by atoms with Crippen LogP contribution < -0.4 is 0 Å². The Labute approximate surface area is 142 Å². The topological polar surface area (TPSA) is 62.6 Å². The number of furan rings is 1. The van der Waals surface area contributed by atoms with Crippen LogP contribution in [0.2, 0.25) is 0 Å². The van der Waals surface area contributed by atoms with Gasteiger partial charge in [0.25, 0.3) is 0 Å². The summed E-state index contributed by atoms with van der Waals surface area (Å²) >= 11 is 0. The normalized spacial score (nSPS) is 21.1. The third kappa shape index (κ3) is 3.20. The first-order valence-electron chi connectivity index (χ1n) is 7.96. The van der Waals surface area contributed by atoms with Crippen LogP contribution in [0.25, 0.3) is 11.5 Å². The fourth-order valence-corrected chi connectivity index (χ4v) is 3.28. The van der Waals surface area contributed by atoms with Crippen LogP contribution in [-0.2, 0) is 6.54 Å². The maximum atomic E-state index is 14.1. The molecule has 25 heavy (non-hydrogen) atoms. The lowest BCUT2D eigenvalue weighted by Gasteiger charge is -2.23. The molecular formula is C18H16F2N2O3. The Balaban J connectivity index is 1.57. The standard InChI is InChI=1S/C18H16F2N2O3/c19-11-3-4-15(20)14(6-11)16-8-13(23)10-22(16)9-12-7-18(25-21-12)17-2-1-5-24-17/h1-7,13,16,23H,8-10H2/t13-,16+/m0/s1. The van der Waals surface area contributed by atoms with Gasteiger partial charge in [-0.1, -0.05) is 5.16 Å². The van der Waals surface area contributed by atoms with Crippen LogP contribution in [0.3, 0.4) is 0 Å². The van der Waals surface area contributed by atoms with Crippen molar-refractivity contribution in [1.82, 2.24) is 10.1 Å². The van der Waals surface area contributed by atoms with E-state index in [1.54, 1.807) is 18.2 Å². The fraction of sp³-hybridized carbons (Fsp3) is 0.278. The molecule has 2 atom stereocenters. The number of aliphatic hydroxyl groups excluding tert-OH is 1. The lowest BCUT2D eigenvalue weighted by molar-refractivity contribution is 0.171. The van der Waals surface area contributed by atoms with Crippen molar-refractivity contribution in [3.05, 3.63) is 65.6 Å². The summed E-state index contributed by atoms with van der Waals surface area (Å²) in [5, 5.41) is 14.0. The van der Waals surface area contributed by atoms with Gasteiger partial charge < -0.3 is 14.0 Å². The van der Waals surface area contributed by atoms with Gasteiger partial charge in [0, 0.05) is 30.8 Å². The van der Waals surface area contributed by atoms with Gasteiger partial charge in [-0.25, -0.2) is 8.78 Å². The minimum Gasteiger partial charge on any atom is -0.461 e. The molecule has 2 aromatic heterocycles. The Morgan fingerprint density at radius 3 is 2.88 bits per heavy atom. The zero-order valence-electron chi connectivity index (χ0n) is 13.2. The number of aromatic nitrogens is 1. The first kappa shape index (κ1) is 16.0. The monoisotopic (exact) mass is 346 g/mol. The molecule has 1 fully saturated rings. The minimum absolute atomic E-state index is 0.242. The van der Waals surface area contributed by atoms with E-state index >= 15 is 0 Å². The molecule has 4 rings (SSSR count). The highest BCUT2D eigenvalue weighted by Gasteiger charge is 2.34. The van der Waals surface area contributed by atoms with Crippen LogP contribution in [-0.4, -0.2) is 27.8 Å². The van der Waals surface area contributed by atoms with Crippen LogP contribution in [0.4, 0.5) is 8.78 Å². The highest BCUT2D eigenvalue weighted by atomic mass is 19.1. The van der Waals surface area contributed by atoms with Crippen LogP contribution in [0.5, 0.6) is 0 Å². The summed E-state index contributed by atoms with van der Waals surface area (Å²) in [7, 11) is 0. The number of likely N-dealkylation sites (tertiary alicyclic amines) is 1. The molecule has 1 N–H and O–H groups in total. The van der Waals surface area contributed by atoms with Crippen LogP contribution in [0.15, 0.2) is 51.6 Å². The summed E-state index contributed by atoms with van der Waals surface area (Å²) < 4.78 is 38.2. The number of benzene rings is 1. The van der Waals surface area contributed by atoms with Gasteiger partial charge in [0.05, 0.1) is 18.1 Å². The zero-order chi connectivity index (χ0) is 17.4. The quantitative estimate of drug-likeness (QED) is 0.783. The van der Waals surface area contributed by atoms with Gasteiger partial charge in [-0.3, -0.25) is 4.90 Å². The first-order valence-corrected chi connectivity index (χ1v) is 7.96. The van der Waals surface area contributed by atoms with Crippen molar-refractivity contribution in [3.63, 3.8) is 0 Å². The lowest BCUT2D eigenvalue weighted by Crippen LogP contribution is -2.25. The predicted molar refractivity (Wildman–Crippen MR) is 84.3 cm³/mol. The Kier molecular flexibility index (Phi) is 4.10. The molecule has 0 unspecified atom stereocenters. The molecule has 0 spiro atoms. The van der Waals surface area contributed by atoms with Gasteiger partial charge in [-0.2, -0.15) is 0 Å². The van der Waals surface area contributed by atoms with E-state index in [-0.39, 0.29) is 5.56 Å². The van der Waals surface area contributed by atoms with Crippen LogP contribution in [0, 0.1) is 11.6 Å². The van der Waals surface area contributed by atoms with E-state index in [0.717, 1.165) is 12.1 Å². The highest BCUT2D eigenvalue weighted by Crippen LogP contribution is 2.35. The van der Waals surface area contributed by atoms with Crippen molar-refractivity contribution in [2.24, 2.45) is 0 Å². The lowest BCUT2D eigenvalue weighted by atomic mass is 10.0. The maximum Gasteiger partial charge on any atom is 0.202 e. The van der Waals surface area contributed by atoms with E-state index in [0.29, 0.717) is 36.7 Å². The van der Waals surface area contributed by atoms with Gasteiger partial charge >= 0.3 is 0 Å². The molecule has 1 aromatic carbocycles. The second-order valence-electron chi connectivity index (χ2n) is 6.16. The van der Waals surface area contributed by atoms with E-state index in [2.05, 4.69) is 5.16 Å². The van der Waals surface area contributed by atoms with E-state index in [1.807, 2.05) is 4.90 Å². The number of hydrogen-bond donors (Lipinski definition) is 1. The van der Waals surface area contributed by atoms with Crippen molar-refractivity contribution in [1.29, 1.82) is 0 Å². The SMILES string of the molecule is O[C@H]1C[C@H](c2cc(F)ccc2F)N(Cc2cc(-c3ccco3)on2)C1. The molecule has 0 bridgehead atoms. The molecule has 0 saturated carbocycles. The van der Waals surface area contributed by atoms with Gasteiger partial charge in [0.1, 0.15) is 11.6 Å². The third-order valence-corrected chi connectivity index (χ3v) is 4.39. The van der Waals surface area contributed by atoms with E-state index < -0.39 is 23.8 Å². The van der Waals surface area contributed by atoms with E-state index in [1.165, 1.54) is 12.3 Å².